The Labute approximate surface area is 287 Å². The van der Waals surface area contributed by atoms with Gasteiger partial charge in [0.2, 0.25) is 0 Å². The topological polar surface area (TPSA) is 35.6 Å². The average molecular weight is 637 g/mol. The number of hydrogen-bond acceptors (Lipinski definition) is 2. The Hall–Kier alpha value is -6.78. The molecule has 232 valence electrons. The number of rotatable bonds is 3. The van der Waals surface area contributed by atoms with E-state index < -0.39 is 0 Å². The van der Waals surface area contributed by atoms with Crippen molar-refractivity contribution >= 4 is 76.2 Å². The number of hydrogen-bond donors (Lipinski definition) is 0. The molecule has 0 aliphatic carbocycles. The SMILES string of the molecule is c1ccc(-c2nc3c(ccc4ccccc43)nc2-n2c3ccccc3c3c4ccccc4c4c5ccccc5n(-c5ccccc5)c4c32)cc1. The summed E-state index contributed by atoms with van der Waals surface area (Å²) in [6.07, 6.45) is 0. The molecule has 3 heterocycles. The number of nitrogens with zero attached hydrogens (tertiary/aromatic N) is 4. The fourth-order valence-electron chi connectivity index (χ4n) is 8.18. The third-order valence-corrected chi connectivity index (χ3v) is 10.3. The van der Waals surface area contributed by atoms with Gasteiger partial charge in [-0.1, -0.05) is 140 Å². The molecule has 8 aromatic carbocycles. The lowest BCUT2D eigenvalue weighted by atomic mass is 9.98. The van der Waals surface area contributed by atoms with Gasteiger partial charge in [-0.15, -0.1) is 0 Å². The second-order valence-electron chi connectivity index (χ2n) is 12.9. The molecular weight excluding hydrogens is 609 g/mol. The lowest BCUT2D eigenvalue weighted by molar-refractivity contribution is 1.08. The monoisotopic (exact) mass is 636 g/mol. The van der Waals surface area contributed by atoms with Crippen LogP contribution in [0, 0.1) is 0 Å². The highest BCUT2D eigenvalue weighted by Gasteiger charge is 2.26. The second kappa shape index (κ2) is 10.4. The zero-order chi connectivity index (χ0) is 32.8. The van der Waals surface area contributed by atoms with Crippen LogP contribution in [0.3, 0.4) is 0 Å². The predicted octanol–water partition coefficient (Wildman–Crippen LogP) is 11.8. The fourth-order valence-corrected chi connectivity index (χ4v) is 8.18. The number of benzene rings is 8. The van der Waals surface area contributed by atoms with Crippen molar-refractivity contribution in [2.24, 2.45) is 0 Å². The normalized spacial score (nSPS) is 12.0. The maximum Gasteiger partial charge on any atom is 0.165 e. The quantitative estimate of drug-likeness (QED) is 0.181. The molecule has 0 fully saturated rings. The summed E-state index contributed by atoms with van der Waals surface area (Å²) in [7, 11) is 0. The van der Waals surface area contributed by atoms with Crippen LogP contribution in [0.25, 0.3) is 99.0 Å². The summed E-state index contributed by atoms with van der Waals surface area (Å²) in [5.74, 6) is 0.812. The molecule has 0 radical (unpaired) electrons. The van der Waals surface area contributed by atoms with Crippen LogP contribution in [0.15, 0.2) is 170 Å². The van der Waals surface area contributed by atoms with Crippen molar-refractivity contribution in [1.29, 1.82) is 0 Å². The molecule has 0 aliphatic rings. The maximum absolute atomic E-state index is 5.58. The molecular formula is C46H28N4. The van der Waals surface area contributed by atoms with E-state index in [1.807, 2.05) is 0 Å². The van der Waals surface area contributed by atoms with E-state index in [-0.39, 0.29) is 0 Å². The molecule has 0 atom stereocenters. The summed E-state index contributed by atoms with van der Waals surface area (Å²) in [6, 6.07) is 60.4. The van der Waals surface area contributed by atoms with Gasteiger partial charge in [0.15, 0.2) is 5.82 Å². The summed E-state index contributed by atoms with van der Waals surface area (Å²) >= 11 is 0. The molecule has 11 rings (SSSR count). The molecule has 50 heavy (non-hydrogen) atoms. The highest BCUT2D eigenvalue weighted by atomic mass is 15.1. The molecule has 0 unspecified atom stereocenters. The zero-order valence-electron chi connectivity index (χ0n) is 27.0. The Morgan fingerprint density at radius 1 is 0.380 bits per heavy atom. The van der Waals surface area contributed by atoms with Crippen LogP contribution in [0.1, 0.15) is 0 Å². The van der Waals surface area contributed by atoms with Gasteiger partial charge in [-0.3, -0.25) is 4.57 Å². The van der Waals surface area contributed by atoms with Crippen LogP contribution in [0.2, 0.25) is 0 Å². The summed E-state index contributed by atoms with van der Waals surface area (Å²) in [4.78, 5) is 11.1. The van der Waals surface area contributed by atoms with Gasteiger partial charge in [0.05, 0.1) is 33.1 Å². The highest BCUT2D eigenvalue weighted by molar-refractivity contribution is 6.36. The zero-order valence-corrected chi connectivity index (χ0v) is 27.0. The number of aromatic nitrogens is 4. The first-order valence-electron chi connectivity index (χ1n) is 17.0. The van der Waals surface area contributed by atoms with E-state index in [4.69, 9.17) is 9.97 Å². The molecule has 0 N–H and O–H groups in total. The minimum Gasteiger partial charge on any atom is -0.307 e. The molecule has 3 aromatic heterocycles. The van der Waals surface area contributed by atoms with E-state index in [0.29, 0.717) is 0 Å². The third kappa shape index (κ3) is 3.70. The Bertz CT molecular complexity index is 3140. The lowest BCUT2D eigenvalue weighted by Crippen LogP contribution is -2.05. The Morgan fingerprint density at radius 2 is 0.900 bits per heavy atom. The molecule has 4 nitrogen and oxygen atoms in total. The minimum absolute atomic E-state index is 0.812. The molecule has 0 saturated carbocycles. The first-order valence-corrected chi connectivity index (χ1v) is 17.0. The van der Waals surface area contributed by atoms with Crippen molar-refractivity contribution in [3.05, 3.63) is 170 Å². The van der Waals surface area contributed by atoms with E-state index in [1.54, 1.807) is 0 Å². The molecule has 0 amide bonds. The average Bonchev–Trinajstić information content (AvgIpc) is 3.72. The molecule has 0 bridgehead atoms. The number of para-hydroxylation sites is 3. The first kappa shape index (κ1) is 27.2. The van der Waals surface area contributed by atoms with Crippen LogP contribution in [-0.2, 0) is 0 Å². The van der Waals surface area contributed by atoms with Crippen molar-refractivity contribution in [2.75, 3.05) is 0 Å². The van der Waals surface area contributed by atoms with Crippen LogP contribution >= 0.6 is 0 Å². The van der Waals surface area contributed by atoms with Gasteiger partial charge in [0, 0.05) is 38.2 Å². The van der Waals surface area contributed by atoms with Crippen LogP contribution in [0.4, 0.5) is 0 Å². The van der Waals surface area contributed by atoms with Gasteiger partial charge in [0.25, 0.3) is 0 Å². The smallest absolute Gasteiger partial charge is 0.165 e. The fraction of sp³-hybridized carbons (Fsp3) is 0. The van der Waals surface area contributed by atoms with Gasteiger partial charge < -0.3 is 4.57 Å². The van der Waals surface area contributed by atoms with Crippen molar-refractivity contribution in [1.82, 2.24) is 19.1 Å². The van der Waals surface area contributed by atoms with Crippen molar-refractivity contribution < 1.29 is 0 Å². The highest BCUT2D eigenvalue weighted by Crippen LogP contribution is 2.47. The summed E-state index contributed by atoms with van der Waals surface area (Å²) in [5, 5.41) is 9.57. The minimum atomic E-state index is 0.812. The number of fused-ring (bicyclic) bond motifs is 13. The van der Waals surface area contributed by atoms with Crippen molar-refractivity contribution in [2.45, 2.75) is 0 Å². The largest absolute Gasteiger partial charge is 0.307 e. The summed E-state index contributed by atoms with van der Waals surface area (Å²) < 4.78 is 4.83. The van der Waals surface area contributed by atoms with E-state index in [0.717, 1.165) is 61.1 Å². The van der Waals surface area contributed by atoms with E-state index in [1.165, 1.54) is 37.8 Å². The van der Waals surface area contributed by atoms with Gasteiger partial charge >= 0.3 is 0 Å². The Morgan fingerprint density at radius 3 is 1.58 bits per heavy atom. The molecule has 11 aromatic rings. The molecule has 0 spiro atoms. The molecule has 0 saturated heterocycles. The van der Waals surface area contributed by atoms with Gasteiger partial charge in [-0.25, -0.2) is 9.97 Å². The van der Waals surface area contributed by atoms with Gasteiger partial charge in [0.1, 0.15) is 5.69 Å². The second-order valence-corrected chi connectivity index (χ2v) is 12.9. The summed E-state index contributed by atoms with van der Waals surface area (Å²) in [6.45, 7) is 0. The van der Waals surface area contributed by atoms with E-state index in [2.05, 4.69) is 179 Å². The lowest BCUT2D eigenvalue weighted by Gasteiger charge is -2.16. The first-order chi connectivity index (χ1) is 24.8. The van der Waals surface area contributed by atoms with Crippen LogP contribution in [0.5, 0.6) is 0 Å². The van der Waals surface area contributed by atoms with E-state index >= 15 is 0 Å². The van der Waals surface area contributed by atoms with Crippen molar-refractivity contribution in [3.63, 3.8) is 0 Å². The Balaban J connectivity index is 1.44. The maximum atomic E-state index is 5.58. The standard InChI is InChI=1S/C46H28N4/c1-3-16-30(17-4-1)42-46(47-37-28-27-29-15-7-8-20-32(29)43(37)48-42)50-39-26-14-12-24-36(39)41-34-22-10-9-21-33(34)40-35-23-11-13-25-38(35)49(44(40)45(41)50)31-18-5-2-6-19-31/h1-28H. The molecule has 0 aliphatic heterocycles. The summed E-state index contributed by atoms with van der Waals surface area (Å²) in [5.41, 5.74) is 9.29. The Kier molecular flexibility index (Phi) is 5.63. The predicted molar refractivity (Wildman–Crippen MR) is 209 cm³/mol. The third-order valence-electron chi connectivity index (χ3n) is 10.3. The van der Waals surface area contributed by atoms with Crippen LogP contribution in [-0.4, -0.2) is 19.1 Å². The van der Waals surface area contributed by atoms with E-state index in [9.17, 15) is 0 Å². The molecule has 4 heteroatoms. The van der Waals surface area contributed by atoms with Gasteiger partial charge in [-0.2, -0.15) is 0 Å². The van der Waals surface area contributed by atoms with Crippen LogP contribution < -0.4 is 0 Å². The van der Waals surface area contributed by atoms with Gasteiger partial charge in [-0.05, 0) is 46.5 Å². The van der Waals surface area contributed by atoms with Crippen molar-refractivity contribution in [3.8, 4) is 22.8 Å².